The number of rotatable bonds is 7. The topological polar surface area (TPSA) is 105 Å². The SMILES string of the molecule is CN=C(N)NC(=O)c1cc2c(OC)cc(OCCCN(C)C)cc2[nH]1. The highest BCUT2D eigenvalue weighted by Crippen LogP contribution is 2.31. The molecule has 0 unspecified atom stereocenters. The van der Waals surface area contributed by atoms with Gasteiger partial charge in [0.15, 0.2) is 5.96 Å². The number of hydrogen-bond donors (Lipinski definition) is 3. The summed E-state index contributed by atoms with van der Waals surface area (Å²) in [7, 11) is 7.13. The zero-order valence-corrected chi connectivity index (χ0v) is 15.0. The smallest absolute Gasteiger partial charge is 0.274 e. The predicted molar refractivity (Wildman–Crippen MR) is 98.5 cm³/mol. The zero-order chi connectivity index (χ0) is 18.4. The van der Waals surface area contributed by atoms with Gasteiger partial charge in [0.25, 0.3) is 5.91 Å². The molecule has 4 N–H and O–H groups in total. The molecule has 0 spiro atoms. The highest BCUT2D eigenvalue weighted by molar-refractivity contribution is 6.07. The summed E-state index contributed by atoms with van der Waals surface area (Å²) in [6, 6.07) is 5.37. The molecule has 0 atom stereocenters. The number of hydrogen-bond acceptors (Lipinski definition) is 5. The van der Waals surface area contributed by atoms with Crippen LogP contribution in [0.15, 0.2) is 23.2 Å². The van der Waals surface area contributed by atoms with Crippen molar-refractivity contribution < 1.29 is 14.3 Å². The number of amides is 1. The van der Waals surface area contributed by atoms with Crippen LogP contribution in [0, 0.1) is 0 Å². The lowest BCUT2D eigenvalue weighted by Gasteiger charge is -2.11. The molecule has 0 bridgehead atoms. The molecule has 1 amide bonds. The Morgan fingerprint density at radius 2 is 2.12 bits per heavy atom. The Kier molecular flexibility index (Phi) is 6.24. The van der Waals surface area contributed by atoms with E-state index in [0.29, 0.717) is 23.8 Å². The van der Waals surface area contributed by atoms with E-state index in [-0.39, 0.29) is 11.9 Å². The Hall–Kier alpha value is -2.74. The van der Waals surface area contributed by atoms with Crippen LogP contribution in [0.3, 0.4) is 0 Å². The third kappa shape index (κ3) is 4.87. The van der Waals surface area contributed by atoms with Crippen LogP contribution in [0.4, 0.5) is 0 Å². The molecule has 0 saturated heterocycles. The number of aromatic nitrogens is 1. The summed E-state index contributed by atoms with van der Waals surface area (Å²) in [5.74, 6) is 1.01. The van der Waals surface area contributed by atoms with Crippen LogP contribution >= 0.6 is 0 Å². The van der Waals surface area contributed by atoms with E-state index in [2.05, 4.69) is 20.2 Å². The number of carbonyl (C=O) groups is 1. The first-order valence-corrected chi connectivity index (χ1v) is 7.96. The van der Waals surface area contributed by atoms with E-state index in [4.69, 9.17) is 15.2 Å². The van der Waals surface area contributed by atoms with Crippen molar-refractivity contribution in [2.45, 2.75) is 6.42 Å². The molecule has 0 saturated carbocycles. The Labute approximate surface area is 147 Å². The molecule has 0 radical (unpaired) electrons. The molecule has 0 aliphatic heterocycles. The molecule has 2 aromatic rings. The van der Waals surface area contributed by atoms with Gasteiger partial charge < -0.3 is 25.1 Å². The maximum Gasteiger partial charge on any atom is 0.274 e. The first-order valence-electron chi connectivity index (χ1n) is 7.96. The summed E-state index contributed by atoms with van der Waals surface area (Å²) in [6.45, 7) is 1.55. The van der Waals surface area contributed by atoms with Crippen LogP contribution < -0.4 is 20.5 Å². The van der Waals surface area contributed by atoms with Crippen LogP contribution in [0.5, 0.6) is 11.5 Å². The fraction of sp³-hybridized carbons (Fsp3) is 0.412. The number of aromatic amines is 1. The molecule has 2 rings (SSSR count). The van der Waals surface area contributed by atoms with Crippen LogP contribution in [-0.4, -0.2) is 63.2 Å². The number of ether oxygens (including phenoxy) is 2. The fourth-order valence-electron chi connectivity index (χ4n) is 2.36. The number of methoxy groups -OCH3 is 1. The first-order chi connectivity index (χ1) is 11.9. The van der Waals surface area contributed by atoms with Crippen molar-refractivity contribution in [2.24, 2.45) is 10.7 Å². The van der Waals surface area contributed by atoms with Gasteiger partial charge in [0, 0.05) is 31.1 Å². The van der Waals surface area contributed by atoms with E-state index < -0.39 is 0 Å². The first kappa shape index (κ1) is 18.6. The Balaban J connectivity index is 2.20. The number of aliphatic imine (C=N–C) groups is 1. The maximum atomic E-state index is 12.2. The number of nitrogens with zero attached hydrogens (tertiary/aromatic N) is 2. The quantitative estimate of drug-likeness (QED) is 0.396. The van der Waals surface area contributed by atoms with Gasteiger partial charge in [-0.3, -0.25) is 15.1 Å². The molecule has 8 nitrogen and oxygen atoms in total. The lowest BCUT2D eigenvalue weighted by atomic mass is 10.2. The molecule has 1 heterocycles. The minimum atomic E-state index is -0.366. The third-order valence-corrected chi connectivity index (χ3v) is 3.64. The summed E-state index contributed by atoms with van der Waals surface area (Å²) >= 11 is 0. The summed E-state index contributed by atoms with van der Waals surface area (Å²) in [5.41, 5.74) is 6.65. The highest BCUT2D eigenvalue weighted by Gasteiger charge is 2.14. The number of fused-ring (bicyclic) bond motifs is 1. The third-order valence-electron chi connectivity index (χ3n) is 3.64. The molecule has 0 aliphatic rings. The summed E-state index contributed by atoms with van der Waals surface area (Å²) in [6.07, 6.45) is 0.918. The second-order valence-electron chi connectivity index (χ2n) is 5.84. The van der Waals surface area contributed by atoms with Crippen LogP contribution in [-0.2, 0) is 0 Å². The minimum Gasteiger partial charge on any atom is -0.496 e. The number of nitrogens with one attached hydrogen (secondary N) is 2. The van der Waals surface area contributed by atoms with Crippen molar-refractivity contribution in [1.82, 2.24) is 15.2 Å². The van der Waals surface area contributed by atoms with Crippen molar-refractivity contribution in [2.75, 3.05) is 41.4 Å². The highest BCUT2D eigenvalue weighted by atomic mass is 16.5. The Morgan fingerprint density at radius 1 is 1.36 bits per heavy atom. The lowest BCUT2D eigenvalue weighted by Crippen LogP contribution is -2.36. The number of guanidine groups is 1. The lowest BCUT2D eigenvalue weighted by molar-refractivity contribution is 0.0972. The maximum absolute atomic E-state index is 12.2. The average Bonchev–Trinajstić information content (AvgIpc) is 3.01. The van der Waals surface area contributed by atoms with E-state index in [1.165, 1.54) is 7.05 Å². The molecule has 25 heavy (non-hydrogen) atoms. The van der Waals surface area contributed by atoms with Crippen LogP contribution in [0.1, 0.15) is 16.9 Å². The van der Waals surface area contributed by atoms with Gasteiger partial charge >= 0.3 is 0 Å². The molecular weight excluding hydrogens is 322 g/mol. The van der Waals surface area contributed by atoms with Gasteiger partial charge in [-0.25, -0.2) is 0 Å². The van der Waals surface area contributed by atoms with Crippen molar-refractivity contribution >= 4 is 22.8 Å². The van der Waals surface area contributed by atoms with E-state index in [1.54, 1.807) is 13.2 Å². The van der Waals surface area contributed by atoms with Crippen molar-refractivity contribution in [1.29, 1.82) is 0 Å². The van der Waals surface area contributed by atoms with Gasteiger partial charge in [0.1, 0.15) is 17.2 Å². The van der Waals surface area contributed by atoms with Gasteiger partial charge in [0.2, 0.25) is 0 Å². The number of carbonyl (C=O) groups excluding carboxylic acids is 1. The molecule has 1 aromatic heterocycles. The zero-order valence-electron chi connectivity index (χ0n) is 15.0. The van der Waals surface area contributed by atoms with Crippen LogP contribution in [0.25, 0.3) is 10.9 Å². The monoisotopic (exact) mass is 347 g/mol. The predicted octanol–water partition coefficient (Wildman–Crippen LogP) is 1.18. The van der Waals surface area contributed by atoms with E-state index in [0.717, 1.165) is 23.9 Å². The van der Waals surface area contributed by atoms with Crippen molar-refractivity contribution in [3.8, 4) is 11.5 Å². The largest absolute Gasteiger partial charge is 0.496 e. The standard InChI is InChI=1S/C17H25N5O3/c1-19-17(18)21-16(23)14-10-12-13(20-14)8-11(9-15(12)24-4)25-7-5-6-22(2)3/h8-10,20H,5-7H2,1-4H3,(H3,18,19,21,23). The molecule has 0 fully saturated rings. The molecule has 136 valence electrons. The van der Waals surface area contributed by atoms with Crippen molar-refractivity contribution in [3.05, 3.63) is 23.9 Å². The minimum absolute atomic E-state index is 0.0561. The van der Waals surface area contributed by atoms with Gasteiger partial charge in [-0.05, 0) is 26.6 Å². The molecule has 8 heteroatoms. The fourth-order valence-corrected chi connectivity index (χ4v) is 2.36. The summed E-state index contributed by atoms with van der Waals surface area (Å²) < 4.78 is 11.2. The molecule has 0 aliphatic carbocycles. The second-order valence-corrected chi connectivity index (χ2v) is 5.84. The van der Waals surface area contributed by atoms with E-state index in [1.807, 2.05) is 26.2 Å². The second kappa shape index (κ2) is 8.39. The van der Waals surface area contributed by atoms with Gasteiger partial charge in [-0.15, -0.1) is 0 Å². The number of H-pyrrole nitrogens is 1. The molecular formula is C17H25N5O3. The normalized spacial score (nSPS) is 11.8. The number of nitrogens with two attached hydrogens (primary N) is 1. The van der Waals surface area contributed by atoms with Gasteiger partial charge in [0.05, 0.1) is 19.2 Å². The Bertz CT molecular complexity index is 767. The van der Waals surface area contributed by atoms with E-state index >= 15 is 0 Å². The summed E-state index contributed by atoms with van der Waals surface area (Å²) in [5, 5.41) is 3.28. The van der Waals surface area contributed by atoms with Gasteiger partial charge in [-0.2, -0.15) is 0 Å². The molecule has 1 aromatic carbocycles. The van der Waals surface area contributed by atoms with Crippen LogP contribution in [0.2, 0.25) is 0 Å². The van der Waals surface area contributed by atoms with Crippen molar-refractivity contribution in [3.63, 3.8) is 0 Å². The van der Waals surface area contributed by atoms with E-state index in [9.17, 15) is 4.79 Å². The Morgan fingerprint density at radius 3 is 2.76 bits per heavy atom. The average molecular weight is 347 g/mol. The number of benzene rings is 1. The van der Waals surface area contributed by atoms with Gasteiger partial charge in [-0.1, -0.05) is 0 Å². The summed E-state index contributed by atoms with van der Waals surface area (Å²) in [4.78, 5) is 21.0.